The summed E-state index contributed by atoms with van der Waals surface area (Å²) in [5, 5.41) is 5.35. The van der Waals surface area contributed by atoms with Crippen LogP contribution in [-0.2, 0) is 4.74 Å². The van der Waals surface area contributed by atoms with E-state index in [-0.39, 0.29) is 11.6 Å². The first-order valence-electron chi connectivity index (χ1n) is 6.34. The fourth-order valence-electron chi connectivity index (χ4n) is 2.13. The Hall–Kier alpha value is -2.12. The molecule has 7 heteroatoms. The summed E-state index contributed by atoms with van der Waals surface area (Å²) < 4.78 is 5.63. The lowest BCUT2D eigenvalue weighted by Crippen LogP contribution is -2.13. The van der Waals surface area contributed by atoms with Crippen LogP contribution in [0.2, 0.25) is 0 Å². The number of ether oxygens (including phenoxy) is 1. The number of rotatable bonds is 3. The van der Waals surface area contributed by atoms with Gasteiger partial charge in [-0.3, -0.25) is 4.79 Å². The molecule has 0 aliphatic carbocycles. The number of thiophene rings is 1. The van der Waals surface area contributed by atoms with Gasteiger partial charge in [0.25, 0.3) is 5.91 Å². The van der Waals surface area contributed by atoms with Crippen molar-refractivity contribution >= 4 is 55.7 Å². The molecular weight excluding hydrogens is 368 g/mol. The summed E-state index contributed by atoms with van der Waals surface area (Å²) in [5.41, 5.74) is 1.38. The largest absolute Gasteiger partial charge is 0.464 e. The molecule has 2 aromatic heterocycles. The van der Waals surface area contributed by atoms with Gasteiger partial charge in [0.15, 0.2) is 0 Å². The Kier molecular flexibility index (Phi) is 4.00. The molecule has 0 bridgehead atoms. The highest BCUT2D eigenvalue weighted by molar-refractivity contribution is 9.10. The Morgan fingerprint density at radius 3 is 2.82 bits per heavy atom. The average Bonchev–Trinajstić information content (AvgIpc) is 3.15. The van der Waals surface area contributed by atoms with E-state index >= 15 is 0 Å². The van der Waals surface area contributed by atoms with Crippen LogP contribution in [-0.4, -0.2) is 24.0 Å². The SMILES string of the molecule is COC(=O)c1[nH]c2ccc(Br)cc2c1NC(=O)c1cccs1. The van der Waals surface area contributed by atoms with Gasteiger partial charge in [0, 0.05) is 15.4 Å². The summed E-state index contributed by atoms with van der Waals surface area (Å²) in [6, 6.07) is 9.04. The first-order valence-corrected chi connectivity index (χ1v) is 8.02. The van der Waals surface area contributed by atoms with Crippen LogP contribution in [0.1, 0.15) is 20.2 Å². The molecule has 22 heavy (non-hydrogen) atoms. The van der Waals surface area contributed by atoms with Gasteiger partial charge in [0.1, 0.15) is 5.69 Å². The maximum Gasteiger partial charge on any atom is 0.356 e. The molecule has 0 unspecified atom stereocenters. The van der Waals surface area contributed by atoms with Crippen molar-refractivity contribution in [3.63, 3.8) is 0 Å². The molecule has 5 nitrogen and oxygen atoms in total. The molecule has 0 aliphatic heterocycles. The number of anilines is 1. The van der Waals surface area contributed by atoms with Gasteiger partial charge in [0.05, 0.1) is 17.7 Å². The number of carbonyl (C=O) groups excluding carboxylic acids is 2. The highest BCUT2D eigenvalue weighted by Gasteiger charge is 2.21. The summed E-state index contributed by atoms with van der Waals surface area (Å²) in [5.74, 6) is -0.796. The van der Waals surface area contributed by atoms with E-state index in [4.69, 9.17) is 4.74 Å². The predicted molar refractivity (Wildman–Crippen MR) is 89.6 cm³/mol. The van der Waals surface area contributed by atoms with Gasteiger partial charge in [-0.05, 0) is 29.6 Å². The van der Waals surface area contributed by atoms with Gasteiger partial charge in [0.2, 0.25) is 0 Å². The van der Waals surface area contributed by atoms with Crippen molar-refractivity contribution in [2.24, 2.45) is 0 Å². The van der Waals surface area contributed by atoms with Gasteiger partial charge >= 0.3 is 5.97 Å². The molecule has 112 valence electrons. The van der Waals surface area contributed by atoms with Crippen LogP contribution in [0.3, 0.4) is 0 Å². The fourth-order valence-corrected chi connectivity index (χ4v) is 3.11. The number of carbonyl (C=O) groups is 2. The average molecular weight is 379 g/mol. The third kappa shape index (κ3) is 2.65. The number of benzene rings is 1. The fraction of sp³-hybridized carbons (Fsp3) is 0.0667. The lowest BCUT2D eigenvalue weighted by molar-refractivity contribution is 0.0596. The molecule has 2 heterocycles. The van der Waals surface area contributed by atoms with Crippen LogP contribution < -0.4 is 5.32 Å². The summed E-state index contributed by atoms with van der Waals surface area (Å²) in [6.45, 7) is 0. The Balaban J connectivity index is 2.10. The summed E-state index contributed by atoms with van der Waals surface area (Å²) in [4.78, 5) is 27.8. The smallest absolute Gasteiger partial charge is 0.356 e. The standard InChI is InChI=1S/C15H11BrN2O3S/c1-21-15(20)13-12(18-14(19)11-3-2-6-22-11)9-7-8(16)4-5-10(9)17-13/h2-7,17H,1H3,(H,18,19). The molecule has 0 saturated heterocycles. The monoisotopic (exact) mass is 378 g/mol. The number of halogens is 1. The van der Waals surface area contributed by atoms with Gasteiger partial charge in [-0.1, -0.05) is 22.0 Å². The number of nitrogens with one attached hydrogen (secondary N) is 2. The normalized spacial score (nSPS) is 10.6. The molecule has 0 atom stereocenters. The molecule has 2 N–H and O–H groups in total. The highest BCUT2D eigenvalue weighted by Crippen LogP contribution is 2.31. The molecule has 3 aromatic rings. The van der Waals surface area contributed by atoms with Crippen LogP contribution in [0.25, 0.3) is 10.9 Å². The van der Waals surface area contributed by atoms with Gasteiger partial charge in [-0.2, -0.15) is 0 Å². The Bertz CT molecular complexity index is 855. The quantitative estimate of drug-likeness (QED) is 0.675. The third-order valence-corrected chi connectivity index (χ3v) is 4.50. The predicted octanol–water partition coefficient (Wildman–Crippen LogP) is 4.03. The van der Waals surface area contributed by atoms with E-state index < -0.39 is 5.97 Å². The maximum absolute atomic E-state index is 12.3. The number of aromatic nitrogens is 1. The van der Waals surface area contributed by atoms with Crippen molar-refractivity contribution < 1.29 is 14.3 Å². The first-order chi connectivity index (χ1) is 10.6. The third-order valence-electron chi connectivity index (χ3n) is 3.13. The number of esters is 1. The van der Waals surface area contributed by atoms with E-state index in [0.29, 0.717) is 10.6 Å². The van der Waals surface area contributed by atoms with Crippen LogP contribution in [0.15, 0.2) is 40.2 Å². The lowest BCUT2D eigenvalue weighted by atomic mass is 10.2. The zero-order valence-corrected chi connectivity index (χ0v) is 13.9. The Labute approximate surface area is 138 Å². The van der Waals surface area contributed by atoms with E-state index in [9.17, 15) is 9.59 Å². The minimum absolute atomic E-state index is 0.223. The van der Waals surface area contributed by atoms with Crippen LogP contribution >= 0.6 is 27.3 Å². The number of aromatic amines is 1. The number of methoxy groups -OCH3 is 1. The van der Waals surface area contributed by atoms with E-state index in [1.54, 1.807) is 12.1 Å². The van der Waals surface area contributed by atoms with Crippen molar-refractivity contribution in [2.45, 2.75) is 0 Å². The zero-order chi connectivity index (χ0) is 15.7. The minimum atomic E-state index is -0.534. The van der Waals surface area contributed by atoms with Gasteiger partial charge < -0.3 is 15.0 Å². The molecule has 0 aliphatic rings. The minimum Gasteiger partial charge on any atom is -0.464 e. The van der Waals surface area contributed by atoms with Crippen molar-refractivity contribution in [3.05, 3.63) is 50.8 Å². The van der Waals surface area contributed by atoms with E-state index in [0.717, 1.165) is 15.4 Å². The van der Waals surface area contributed by atoms with Crippen LogP contribution in [0.4, 0.5) is 5.69 Å². The molecule has 0 radical (unpaired) electrons. The zero-order valence-electron chi connectivity index (χ0n) is 11.5. The summed E-state index contributed by atoms with van der Waals surface area (Å²) in [7, 11) is 1.30. The van der Waals surface area contributed by atoms with E-state index in [1.165, 1.54) is 18.4 Å². The van der Waals surface area contributed by atoms with Gasteiger partial charge in [-0.25, -0.2) is 4.79 Å². The van der Waals surface area contributed by atoms with Crippen molar-refractivity contribution in [3.8, 4) is 0 Å². The number of hydrogen-bond acceptors (Lipinski definition) is 4. The first kappa shape index (κ1) is 14.8. The molecule has 0 fully saturated rings. The summed E-state index contributed by atoms with van der Waals surface area (Å²) >= 11 is 4.73. The number of amides is 1. The number of hydrogen-bond donors (Lipinski definition) is 2. The maximum atomic E-state index is 12.3. The molecule has 1 aromatic carbocycles. The second-order valence-corrected chi connectivity index (χ2v) is 6.35. The van der Waals surface area contributed by atoms with Gasteiger partial charge in [-0.15, -0.1) is 11.3 Å². The Morgan fingerprint density at radius 1 is 1.32 bits per heavy atom. The number of fused-ring (bicyclic) bond motifs is 1. The molecule has 0 saturated carbocycles. The molecule has 1 amide bonds. The molecule has 0 spiro atoms. The highest BCUT2D eigenvalue weighted by atomic mass is 79.9. The summed E-state index contributed by atoms with van der Waals surface area (Å²) in [6.07, 6.45) is 0. The second kappa shape index (κ2) is 5.94. The second-order valence-electron chi connectivity index (χ2n) is 4.49. The van der Waals surface area contributed by atoms with Crippen LogP contribution in [0, 0.1) is 0 Å². The van der Waals surface area contributed by atoms with Crippen molar-refractivity contribution in [1.82, 2.24) is 4.98 Å². The van der Waals surface area contributed by atoms with E-state index in [2.05, 4.69) is 26.2 Å². The van der Waals surface area contributed by atoms with Crippen molar-refractivity contribution in [1.29, 1.82) is 0 Å². The number of H-pyrrole nitrogens is 1. The lowest BCUT2D eigenvalue weighted by Gasteiger charge is -2.05. The molecule has 3 rings (SSSR count). The van der Waals surface area contributed by atoms with E-state index in [1.807, 2.05) is 23.6 Å². The van der Waals surface area contributed by atoms with Crippen LogP contribution in [0.5, 0.6) is 0 Å². The Morgan fingerprint density at radius 2 is 2.14 bits per heavy atom. The topological polar surface area (TPSA) is 71.2 Å². The molecular formula is C15H11BrN2O3S. The van der Waals surface area contributed by atoms with Crippen molar-refractivity contribution in [2.75, 3.05) is 12.4 Å².